The number of nitrogens with zero attached hydrogens (tertiary/aromatic N) is 5. The molecule has 0 unspecified atom stereocenters. The monoisotopic (exact) mass is 348 g/mol. The summed E-state index contributed by atoms with van der Waals surface area (Å²) < 4.78 is 10.1. The number of ether oxygens (including phenoxy) is 1. The number of fused-ring (bicyclic) bond motifs is 1. The zero-order chi connectivity index (χ0) is 18.4. The molecule has 0 atom stereocenters. The summed E-state index contributed by atoms with van der Waals surface area (Å²) in [5.74, 6) is -2.42. The fourth-order valence-corrected chi connectivity index (χ4v) is 1.87. The van der Waals surface area contributed by atoms with Gasteiger partial charge in [-0.1, -0.05) is 16.7 Å². The van der Waals surface area contributed by atoms with Crippen LogP contribution in [0, 0.1) is 0 Å². The molecule has 2 aromatic rings. The van der Waals surface area contributed by atoms with E-state index in [9.17, 15) is 14.4 Å². The molecule has 2 heterocycles. The minimum atomic E-state index is -0.908. The molecule has 0 bridgehead atoms. The van der Waals surface area contributed by atoms with E-state index in [1.54, 1.807) is 17.1 Å². The van der Waals surface area contributed by atoms with Crippen LogP contribution in [0.3, 0.4) is 0 Å². The molecule has 2 rings (SSSR count). The van der Waals surface area contributed by atoms with Gasteiger partial charge >= 0.3 is 11.7 Å². The Morgan fingerprint density at radius 3 is 2.56 bits per heavy atom. The molecule has 11 heteroatoms. The van der Waals surface area contributed by atoms with Crippen LogP contribution >= 0.6 is 0 Å². The number of methoxy groups -OCH3 is 1. The average Bonchev–Trinajstić information content (AvgIpc) is 2.95. The largest absolute Gasteiger partial charge is 0.469 e. The topological polar surface area (TPSA) is 132 Å². The van der Waals surface area contributed by atoms with E-state index in [-0.39, 0.29) is 17.7 Å². The zero-order valence-electron chi connectivity index (χ0n) is 13.5. The molecule has 25 heavy (non-hydrogen) atoms. The highest BCUT2D eigenvalue weighted by atomic mass is 16.5. The van der Waals surface area contributed by atoms with Crippen LogP contribution in [0.4, 0.5) is 11.9 Å². The molecule has 2 aromatic heterocycles. The molecule has 1 N–H and O–H groups in total. The number of rotatable bonds is 8. The number of hydrogen-bond acceptors (Lipinski definition) is 9. The maximum absolute atomic E-state index is 11.9. The van der Waals surface area contributed by atoms with Crippen molar-refractivity contribution in [1.29, 1.82) is 0 Å². The normalized spacial score (nSPS) is 10.3. The number of aromatic nitrogens is 4. The highest BCUT2D eigenvalue weighted by molar-refractivity contribution is 6.01. The summed E-state index contributed by atoms with van der Waals surface area (Å²) in [6, 6.07) is 0. The smallest absolute Gasteiger partial charge is 0.462 e. The SMILES string of the molecule is C=CCN(CC=C)c1nc(NC(=O)CC(=O)OC)n2oc(=O)nc2n1. The van der Waals surface area contributed by atoms with E-state index in [1.807, 2.05) is 0 Å². The summed E-state index contributed by atoms with van der Waals surface area (Å²) in [5, 5.41) is 2.36. The molecule has 132 valence electrons. The molecule has 0 aromatic carbocycles. The first-order valence-corrected chi connectivity index (χ1v) is 7.10. The second-order valence-electron chi connectivity index (χ2n) is 4.69. The molecular formula is C14H16N6O5. The van der Waals surface area contributed by atoms with Crippen molar-refractivity contribution in [3.05, 3.63) is 35.9 Å². The zero-order valence-corrected chi connectivity index (χ0v) is 13.5. The summed E-state index contributed by atoms with van der Waals surface area (Å²) in [7, 11) is 1.16. The van der Waals surface area contributed by atoms with Crippen molar-refractivity contribution in [3.8, 4) is 0 Å². The quantitative estimate of drug-likeness (QED) is 0.390. The van der Waals surface area contributed by atoms with Crippen LogP contribution in [0.1, 0.15) is 6.42 Å². The first-order chi connectivity index (χ1) is 12.0. The van der Waals surface area contributed by atoms with E-state index in [0.29, 0.717) is 13.1 Å². The molecule has 11 nitrogen and oxygen atoms in total. The van der Waals surface area contributed by atoms with E-state index >= 15 is 0 Å². The minimum Gasteiger partial charge on any atom is -0.469 e. The second-order valence-corrected chi connectivity index (χ2v) is 4.69. The number of carbonyl (C=O) groups is 2. The van der Waals surface area contributed by atoms with Gasteiger partial charge in [0.05, 0.1) is 7.11 Å². The Balaban J connectivity index is 2.44. The van der Waals surface area contributed by atoms with Gasteiger partial charge < -0.3 is 14.2 Å². The number of esters is 1. The van der Waals surface area contributed by atoms with E-state index < -0.39 is 24.1 Å². The summed E-state index contributed by atoms with van der Waals surface area (Å²) in [6.07, 6.45) is 2.72. The third-order valence-electron chi connectivity index (χ3n) is 2.91. The summed E-state index contributed by atoms with van der Waals surface area (Å²) in [5.41, 5.74) is 0. The first-order valence-electron chi connectivity index (χ1n) is 7.10. The van der Waals surface area contributed by atoms with Crippen LogP contribution in [0.25, 0.3) is 5.78 Å². The molecule has 0 aliphatic carbocycles. The predicted octanol–water partition coefficient (Wildman–Crippen LogP) is -0.242. The lowest BCUT2D eigenvalue weighted by Gasteiger charge is -2.19. The van der Waals surface area contributed by atoms with Crippen LogP contribution in [-0.2, 0) is 14.3 Å². The molecule has 0 radical (unpaired) electrons. The standard InChI is InChI=1S/C14H16N6O5/c1-4-6-19(7-5-2)11-16-12(15-9(21)8-10(22)24-3)20-13(17-11)18-14(23)25-20/h4-5H,1-2,6-8H2,3H3,(H,15,16,17,18,21,23). The third-order valence-corrected chi connectivity index (χ3v) is 2.91. The van der Waals surface area contributed by atoms with Crippen molar-refractivity contribution < 1.29 is 18.8 Å². The Hall–Kier alpha value is -3.50. The molecule has 0 saturated carbocycles. The van der Waals surface area contributed by atoms with E-state index in [0.717, 1.165) is 11.7 Å². The highest BCUT2D eigenvalue weighted by Crippen LogP contribution is 2.14. The van der Waals surface area contributed by atoms with E-state index in [1.165, 1.54) is 0 Å². The van der Waals surface area contributed by atoms with Gasteiger partial charge in [0.1, 0.15) is 6.42 Å². The van der Waals surface area contributed by atoms with Gasteiger partial charge in [0, 0.05) is 13.1 Å². The predicted molar refractivity (Wildman–Crippen MR) is 87.2 cm³/mol. The van der Waals surface area contributed by atoms with Crippen molar-refractivity contribution in [2.24, 2.45) is 0 Å². The van der Waals surface area contributed by atoms with Crippen LogP contribution in [0.15, 0.2) is 34.6 Å². The summed E-state index contributed by atoms with van der Waals surface area (Å²) in [6.45, 7) is 8.07. The van der Waals surface area contributed by atoms with Crippen molar-refractivity contribution in [3.63, 3.8) is 0 Å². The maximum Gasteiger partial charge on any atom is 0.462 e. The third kappa shape index (κ3) is 4.28. The molecular weight excluding hydrogens is 332 g/mol. The number of carbonyl (C=O) groups excluding carboxylic acids is 2. The summed E-state index contributed by atoms with van der Waals surface area (Å²) in [4.78, 5) is 48.0. The van der Waals surface area contributed by atoms with Crippen LogP contribution in [0.5, 0.6) is 0 Å². The van der Waals surface area contributed by atoms with E-state index in [4.69, 9.17) is 4.52 Å². The number of nitrogens with one attached hydrogen (secondary N) is 1. The molecule has 0 fully saturated rings. The minimum absolute atomic E-state index is 0.0958. The highest BCUT2D eigenvalue weighted by Gasteiger charge is 2.18. The van der Waals surface area contributed by atoms with Crippen molar-refractivity contribution >= 4 is 29.6 Å². The fraction of sp³-hybridized carbons (Fsp3) is 0.286. The number of hydrogen-bond donors (Lipinski definition) is 1. The van der Waals surface area contributed by atoms with Crippen LogP contribution in [0.2, 0.25) is 0 Å². The molecule has 0 aliphatic heterocycles. The van der Waals surface area contributed by atoms with Crippen molar-refractivity contribution in [1.82, 2.24) is 19.5 Å². The second kappa shape index (κ2) is 7.86. The lowest BCUT2D eigenvalue weighted by atomic mass is 10.4. The van der Waals surface area contributed by atoms with Gasteiger partial charge in [-0.25, -0.2) is 4.79 Å². The Morgan fingerprint density at radius 2 is 1.96 bits per heavy atom. The van der Waals surface area contributed by atoms with E-state index in [2.05, 4.69) is 38.2 Å². The molecule has 0 spiro atoms. The molecule has 0 saturated heterocycles. The number of anilines is 2. The Labute approximate surface area is 141 Å². The molecule has 1 amide bonds. The van der Waals surface area contributed by atoms with Gasteiger partial charge in [-0.05, 0) is 0 Å². The molecule has 0 aliphatic rings. The lowest BCUT2D eigenvalue weighted by Crippen LogP contribution is -2.27. The Kier molecular flexibility index (Phi) is 5.61. The van der Waals surface area contributed by atoms with Crippen molar-refractivity contribution in [2.45, 2.75) is 6.42 Å². The van der Waals surface area contributed by atoms with Gasteiger partial charge in [-0.2, -0.15) is 9.97 Å². The maximum atomic E-state index is 11.9. The van der Waals surface area contributed by atoms with Gasteiger partial charge in [-0.15, -0.1) is 18.1 Å². The van der Waals surface area contributed by atoms with Gasteiger partial charge in [0.15, 0.2) is 0 Å². The Morgan fingerprint density at radius 1 is 1.28 bits per heavy atom. The number of amides is 1. The van der Waals surface area contributed by atoms with Gasteiger partial charge in [0.2, 0.25) is 11.9 Å². The van der Waals surface area contributed by atoms with Crippen LogP contribution < -0.4 is 16.0 Å². The van der Waals surface area contributed by atoms with Crippen molar-refractivity contribution in [2.75, 3.05) is 30.4 Å². The lowest BCUT2D eigenvalue weighted by molar-refractivity contribution is -0.142. The first kappa shape index (κ1) is 17.8. The average molecular weight is 348 g/mol. The Bertz CT molecular complexity index is 860. The fourth-order valence-electron chi connectivity index (χ4n) is 1.87. The summed E-state index contributed by atoms with van der Waals surface area (Å²) >= 11 is 0. The van der Waals surface area contributed by atoms with Gasteiger partial charge in [-0.3, -0.25) is 14.9 Å². The van der Waals surface area contributed by atoms with Gasteiger partial charge in [0.25, 0.3) is 11.7 Å². The van der Waals surface area contributed by atoms with Crippen LogP contribution in [-0.4, -0.2) is 51.6 Å².